The molecule has 2 nitrogen and oxygen atoms in total. The predicted octanol–water partition coefficient (Wildman–Crippen LogP) is 1.57. The summed E-state index contributed by atoms with van der Waals surface area (Å²) in [7, 11) is 0. The van der Waals surface area contributed by atoms with Crippen molar-refractivity contribution in [2.75, 3.05) is 13.2 Å². The molecule has 70 valence electrons. The Morgan fingerprint density at radius 1 is 1.00 bits per heavy atom. The Bertz CT molecular complexity index is 141. The molecule has 2 atom stereocenters. The molecule has 2 aliphatic rings. The Kier molecular flexibility index (Phi) is 2.66. The zero-order chi connectivity index (χ0) is 8.39. The first-order chi connectivity index (χ1) is 5.88. The summed E-state index contributed by atoms with van der Waals surface area (Å²) in [6.45, 7) is 1.37. The van der Waals surface area contributed by atoms with E-state index in [-0.39, 0.29) is 6.10 Å². The van der Waals surface area contributed by atoms with E-state index in [1.54, 1.807) is 0 Å². The SMILES string of the molecule is OC1COCC1C1CCCCC1. The summed E-state index contributed by atoms with van der Waals surface area (Å²) in [6.07, 6.45) is 6.55. The van der Waals surface area contributed by atoms with Gasteiger partial charge in [-0.25, -0.2) is 0 Å². The molecule has 0 aromatic heterocycles. The standard InChI is InChI=1S/C10H18O2/c11-10-7-12-6-9(10)8-4-2-1-3-5-8/h8-11H,1-7H2. The molecule has 1 saturated heterocycles. The fraction of sp³-hybridized carbons (Fsp3) is 1.00. The van der Waals surface area contributed by atoms with E-state index in [1.165, 1.54) is 32.1 Å². The van der Waals surface area contributed by atoms with Crippen molar-refractivity contribution >= 4 is 0 Å². The van der Waals surface area contributed by atoms with Gasteiger partial charge in [0.25, 0.3) is 0 Å². The van der Waals surface area contributed by atoms with Crippen LogP contribution < -0.4 is 0 Å². The second kappa shape index (κ2) is 3.75. The number of aliphatic hydroxyl groups is 1. The Hall–Kier alpha value is -0.0800. The van der Waals surface area contributed by atoms with Crippen LogP contribution in [-0.2, 0) is 4.74 Å². The lowest BCUT2D eigenvalue weighted by molar-refractivity contribution is 0.0936. The van der Waals surface area contributed by atoms with Crippen molar-refractivity contribution < 1.29 is 9.84 Å². The van der Waals surface area contributed by atoms with Crippen LogP contribution in [0.5, 0.6) is 0 Å². The normalized spacial score (nSPS) is 38.8. The van der Waals surface area contributed by atoms with Gasteiger partial charge in [-0.1, -0.05) is 19.3 Å². The summed E-state index contributed by atoms with van der Waals surface area (Å²) >= 11 is 0. The van der Waals surface area contributed by atoms with Crippen LogP contribution in [0, 0.1) is 11.8 Å². The zero-order valence-electron chi connectivity index (χ0n) is 7.54. The van der Waals surface area contributed by atoms with E-state index in [9.17, 15) is 5.11 Å². The molecule has 2 fully saturated rings. The Morgan fingerprint density at radius 3 is 2.33 bits per heavy atom. The second-order valence-electron chi connectivity index (χ2n) is 4.17. The highest BCUT2D eigenvalue weighted by Gasteiger charge is 2.33. The first-order valence-electron chi connectivity index (χ1n) is 5.14. The minimum absolute atomic E-state index is 0.173. The maximum Gasteiger partial charge on any atom is 0.0826 e. The molecule has 1 aliphatic heterocycles. The Balaban J connectivity index is 1.89. The van der Waals surface area contributed by atoms with Crippen LogP contribution in [0.25, 0.3) is 0 Å². The quantitative estimate of drug-likeness (QED) is 0.647. The third-order valence-corrected chi connectivity index (χ3v) is 3.35. The van der Waals surface area contributed by atoms with Crippen LogP contribution in [0.2, 0.25) is 0 Å². The molecular formula is C10H18O2. The van der Waals surface area contributed by atoms with Crippen molar-refractivity contribution in [1.29, 1.82) is 0 Å². The second-order valence-corrected chi connectivity index (χ2v) is 4.17. The zero-order valence-corrected chi connectivity index (χ0v) is 7.54. The van der Waals surface area contributed by atoms with Crippen LogP contribution in [0.1, 0.15) is 32.1 Å². The van der Waals surface area contributed by atoms with Gasteiger partial charge >= 0.3 is 0 Å². The third-order valence-electron chi connectivity index (χ3n) is 3.35. The Labute approximate surface area is 73.9 Å². The fourth-order valence-corrected chi connectivity index (χ4v) is 2.57. The molecular weight excluding hydrogens is 152 g/mol. The largest absolute Gasteiger partial charge is 0.390 e. The minimum atomic E-state index is -0.173. The molecule has 1 saturated carbocycles. The van der Waals surface area contributed by atoms with E-state index in [0.717, 1.165) is 12.5 Å². The number of aliphatic hydroxyl groups excluding tert-OH is 1. The fourth-order valence-electron chi connectivity index (χ4n) is 2.57. The van der Waals surface area contributed by atoms with Gasteiger partial charge in [-0.05, 0) is 18.8 Å². The molecule has 0 aromatic carbocycles. The molecule has 2 heteroatoms. The van der Waals surface area contributed by atoms with Gasteiger partial charge in [0.1, 0.15) is 0 Å². The van der Waals surface area contributed by atoms with Gasteiger partial charge in [0.2, 0.25) is 0 Å². The first-order valence-corrected chi connectivity index (χ1v) is 5.14. The monoisotopic (exact) mass is 170 g/mol. The number of rotatable bonds is 1. The van der Waals surface area contributed by atoms with Crippen LogP contribution in [0.15, 0.2) is 0 Å². The van der Waals surface area contributed by atoms with Gasteiger partial charge in [-0.3, -0.25) is 0 Å². The third kappa shape index (κ3) is 1.64. The van der Waals surface area contributed by atoms with Gasteiger partial charge in [0, 0.05) is 5.92 Å². The predicted molar refractivity (Wildman–Crippen MR) is 46.9 cm³/mol. The summed E-state index contributed by atoms with van der Waals surface area (Å²) in [5.41, 5.74) is 0. The molecule has 0 aromatic rings. The van der Waals surface area contributed by atoms with Gasteiger partial charge in [0.05, 0.1) is 19.3 Å². The smallest absolute Gasteiger partial charge is 0.0826 e. The summed E-state index contributed by atoms with van der Waals surface area (Å²) in [4.78, 5) is 0. The van der Waals surface area contributed by atoms with Crippen LogP contribution >= 0.6 is 0 Å². The molecule has 2 unspecified atom stereocenters. The lowest BCUT2D eigenvalue weighted by atomic mass is 9.79. The summed E-state index contributed by atoms with van der Waals surface area (Å²) in [5, 5.41) is 9.62. The van der Waals surface area contributed by atoms with E-state index in [4.69, 9.17) is 4.74 Å². The highest BCUT2D eigenvalue weighted by molar-refractivity contribution is 4.82. The number of hydrogen-bond donors (Lipinski definition) is 1. The van der Waals surface area contributed by atoms with Crippen molar-refractivity contribution in [1.82, 2.24) is 0 Å². The molecule has 0 amide bonds. The van der Waals surface area contributed by atoms with Crippen molar-refractivity contribution in [2.24, 2.45) is 11.8 Å². The lowest BCUT2D eigenvalue weighted by Gasteiger charge is -2.28. The van der Waals surface area contributed by atoms with Crippen LogP contribution in [0.3, 0.4) is 0 Å². The molecule has 2 rings (SSSR count). The highest BCUT2D eigenvalue weighted by Crippen LogP contribution is 2.34. The molecule has 12 heavy (non-hydrogen) atoms. The number of ether oxygens (including phenoxy) is 1. The van der Waals surface area contributed by atoms with E-state index < -0.39 is 0 Å². The molecule has 1 heterocycles. The summed E-state index contributed by atoms with van der Waals surface area (Å²) in [5.74, 6) is 1.20. The van der Waals surface area contributed by atoms with Crippen molar-refractivity contribution in [3.8, 4) is 0 Å². The van der Waals surface area contributed by atoms with Crippen LogP contribution in [-0.4, -0.2) is 24.4 Å². The maximum absolute atomic E-state index is 9.62. The van der Waals surface area contributed by atoms with E-state index >= 15 is 0 Å². The summed E-state index contributed by atoms with van der Waals surface area (Å²) < 4.78 is 5.27. The molecule has 1 aliphatic carbocycles. The minimum Gasteiger partial charge on any atom is -0.390 e. The van der Waals surface area contributed by atoms with E-state index in [1.807, 2.05) is 0 Å². The lowest BCUT2D eigenvalue weighted by Crippen LogP contribution is -2.27. The van der Waals surface area contributed by atoms with Crippen LogP contribution in [0.4, 0.5) is 0 Å². The van der Waals surface area contributed by atoms with E-state index in [0.29, 0.717) is 12.5 Å². The van der Waals surface area contributed by atoms with Gasteiger partial charge in [0.15, 0.2) is 0 Å². The molecule has 0 spiro atoms. The van der Waals surface area contributed by atoms with Crippen molar-refractivity contribution in [2.45, 2.75) is 38.2 Å². The average molecular weight is 170 g/mol. The van der Waals surface area contributed by atoms with E-state index in [2.05, 4.69) is 0 Å². The average Bonchev–Trinajstić information content (AvgIpc) is 2.53. The topological polar surface area (TPSA) is 29.5 Å². The van der Waals surface area contributed by atoms with Crippen molar-refractivity contribution in [3.05, 3.63) is 0 Å². The Morgan fingerprint density at radius 2 is 1.75 bits per heavy atom. The van der Waals surface area contributed by atoms with Gasteiger partial charge in [-0.15, -0.1) is 0 Å². The summed E-state index contributed by atoms with van der Waals surface area (Å²) in [6, 6.07) is 0. The van der Waals surface area contributed by atoms with Crippen molar-refractivity contribution in [3.63, 3.8) is 0 Å². The molecule has 0 bridgehead atoms. The molecule has 0 radical (unpaired) electrons. The van der Waals surface area contributed by atoms with Gasteiger partial charge < -0.3 is 9.84 Å². The molecule has 1 N–H and O–H groups in total. The van der Waals surface area contributed by atoms with Gasteiger partial charge in [-0.2, -0.15) is 0 Å². The highest BCUT2D eigenvalue weighted by atomic mass is 16.5. The number of hydrogen-bond acceptors (Lipinski definition) is 2. The maximum atomic E-state index is 9.62. The first kappa shape index (κ1) is 8.52.